The van der Waals surface area contributed by atoms with Crippen LogP contribution in [0.4, 0.5) is 0 Å². The average Bonchev–Trinajstić information content (AvgIpc) is 2.04. The van der Waals surface area contributed by atoms with Crippen molar-refractivity contribution in [1.82, 2.24) is 10.2 Å². The fraction of sp³-hybridized carbons (Fsp3) is 0.889. The number of aliphatic carboxylic acids is 1. The Balaban J connectivity index is 3.78. The second-order valence-electron chi connectivity index (χ2n) is 3.52. The first-order valence-corrected chi connectivity index (χ1v) is 4.61. The van der Waals surface area contributed by atoms with Crippen LogP contribution in [0.5, 0.6) is 0 Å². The van der Waals surface area contributed by atoms with Crippen molar-refractivity contribution in [2.24, 2.45) is 0 Å². The maximum absolute atomic E-state index is 10.6. The van der Waals surface area contributed by atoms with Crippen LogP contribution in [-0.2, 0) is 4.79 Å². The van der Waals surface area contributed by atoms with Gasteiger partial charge in [0, 0.05) is 12.6 Å². The van der Waals surface area contributed by atoms with Crippen LogP contribution >= 0.6 is 0 Å². The number of carboxylic acids is 1. The number of rotatable bonds is 6. The molecule has 2 atom stereocenters. The van der Waals surface area contributed by atoms with Crippen LogP contribution < -0.4 is 5.32 Å². The van der Waals surface area contributed by atoms with Gasteiger partial charge >= 0.3 is 5.97 Å². The molecule has 0 aromatic rings. The number of carboxylic acid groups (broad SMARTS) is 1. The fourth-order valence-electron chi connectivity index (χ4n) is 0.902. The lowest BCUT2D eigenvalue weighted by molar-refractivity contribution is -0.139. The Morgan fingerprint density at radius 3 is 2.38 bits per heavy atom. The van der Waals surface area contributed by atoms with E-state index in [1.165, 1.54) is 0 Å². The van der Waals surface area contributed by atoms with E-state index in [-0.39, 0.29) is 0 Å². The minimum atomic E-state index is -0.770. The third-order valence-electron chi connectivity index (χ3n) is 2.25. The van der Waals surface area contributed by atoms with E-state index in [9.17, 15) is 4.79 Å². The summed E-state index contributed by atoms with van der Waals surface area (Å²) in [6, 6.07) is -0.0594. The van der Waals surface area contributed by atoms with Gasteiger partial charge in [0.25, 0.3) is 0 Å². The Morgan fingerprint density at radius 2 is 2.08 bits per heavy atom. The summed E-state index contributed by atoms with van der Waals surface area (Å²) in [6.07, 6.45) is 0.621. The fourth-order valence-corrected chi connectivity index (χ4v) is 0.902. The quantitative estimate of drug-likeness (QED) is 0.633. The first kappa shape index (κ1) is 12.4. The zero-order chi connectivity index (χ0) is 10.4. The Hall–Kier alpha value is -0.610. The average molecular weight is 188 g/mol. The standard InChI is InChI=1S/C9H20N2O2/c1-5-8(9(12)13)10-6-7(2)11(3)4/h7-8,10H,5-6H2,1-4H3,(H,12,13). The highest BCUT2D eigenvalue weighted by atomic mass is 16.4. The lowest BCUT2D eigenvalue weighted by Crippen LogP contribution is -2.43. The van der Waals surface area contributed by atoms with Gasteiger partial charge in [0.2, 0.25) is 0 Å². The van der Waals surface area contributed by atoms with Crippen LogP contribution in [0.3, 0.4) is 0 Å². The number of nitrogens with zero attached hydrogens (tertiary/aromatic N) is 1. The molecule has 0 saturated carbocycles. The lowest BCUT2D eigenvalue weighted by Gasteiger charge is -2.22. The van der Waals surface area contributed by atoms with Crippen LogP contribution in [0.25, 0.3) is 0 Å². The molecule has 0 rings (SSSR count). The predicted molar refractivity (Wildman–Crippen MR) is 52.9 cm³/mol. The molecule has 0 aromatic carbocycles. The highest BCUT2D eigenvalue weighted by Gasteiger charge is 2.15. The molecule has 0 saturated heterocycles. The zero-order valence-electron chi connectivity index (χ0n) is 8.87. The molecule has 0 spiro atoms. The number of likely N-dealkylation sites (N-methyl/N-ethyl adjacent to an activating group) is 1. The van der Waals surface area contributed by atoms with Gasteiger partial charge in [-0.3, -0.25) is 4.79 Å². The van der Waals surface area contributed by atoms with Gasteiger partial charge in [0.1, 0.15) is 6.04 Å². The summed E-state index contributed by atoms with van der Waals surface area (Å²) in [4.78, 5) is 12.7. The number of carbonyl (C=O) groups is 1. The van der Waals surface area contributed by atoms with Gasteiger partial charge in [-0.25, -0.2) is 0 Å². The molecule has 0 aromatic heterocycles. The van der Waals surface area contributed by atoms with Gasteiger partial charge in [-0.05, 0) is 27.4 Å². The van der Waals surface area contributed by atoms with Crippen LogP contribution in [-0.4, -0.2) is 48.7 Å². The predicted octanol–water partition coefficient (Wildman–Crippen LogP) is 0.389. The minimum Gasteiger partial charge on any atom is -0.480 e. The topological polar surface area (TPSA) is 52.6 Å². The summed E-state index contributed by atoms with van der Waals surface area (Å²) in [5.41, 5.74) is 0. The van der Waals surface area contributed by atoms with Crippen molar-refractivity contribution >= 4 is 5.97 Å². The van der Waals surface area contributed by atoms with Crippen molar-refractivity contribution in [1.29, 1.82) is 0 Å². The van der Waals surface area contributed by atoms with E-state index in [0.717, 1.165) is 0 Å². The smallest absolute Gasteiger partial charge is 0.320 e. The summed E-state index contributed by atoms with van der Waals surface area (Å²) in [7, 11) is 3.96. The number of hydrogen-bond donors (Lipinski definition) is 2. The van der Waals surface area contributed by atoms with Crippen LogP contribution in [0.15, 0.2) is 0 Å². The van der Waals surface area contributed by atoms with E-state index in [1.807, 2.05) is 21.0 Å². The first-order chi connectivity index (χ1) is 5.99. The molecule has 0 amide bonds. The van der Waals surface area contributed by atoms with Crippen molar-refractivity contribution in [3.05, 3.63) is 0 Å². The van der Waals surface area contributed by atoms with E-state index < -0.39 is 12.0 Å². The van der Waals surface area contributed by atoms with Gasteiger partial charge < -0.3 is 15.3 Å². The van der Waals surface area contributed by atoms with Crippen molar-refractivity contribution in [3.8, 4) is 0 Å². The summed E-state index contributed by atoms with van der Waals surface area (Å²) in [5.74, 6) is -0.770. The Labute approximate surface area is 79.9 Å². The van der Waals surface area contributed by atoms with Gasteiger partial charge in [-0.1, -0.05) is 6.92 Å². The molecule has 0 fully saturated rings. The van der Waals surface area contributed by atoms with Gasteiger partial charge in [-0.15, -0.1) is 0 Å². The van der Waals surface area contributed by atoms with Crippen LogP contribution in [0.2, 0.25) is 0 Å². The van der Waals surface area contributed by atoms with E-state index in [0.29, 0.717) is 19.0 Å². The van der Waals surface area contributed by atoms with Gasteiger partial charge in [0.05, 0.1) is 0 Å². The van der Waals surface area contributed by atoms with Gasteiger partial charge in [-0.2, -0.15) is 0 Å². The van der Waals surface area contributed by atoms with E-state index >= 15 is 0 Å². The summed E-state index contributed by atoms with van der Waals surface area (Å²) in [5, 5.41) is 11.8. The third kappa shape index (κ3) is 4.85. The zero-order valence-corrected chi connectivity index (χ0v) is 8.87. The maximum Gasteiger partial charge on any atom is 0.320 e. The maximum atomic E-state index is 10.6. The molecule has 0 bridgehead atoms. The number of hydrogen-bond acceptors (Lipinski definition) is 3. The molecule has 0 radical (unpaired) electrons. The summed E-state index contributed by atoms with van der Waals surface area (Å²) >= 11 is 0. The molecule has 0 aliphatic heterocycles. The third-order valence-corrected chi connectivity index (χ3v) is 2.25. The second-order valence-corrected chi connectivity index (χ2v) is 3.52. The summed E-state index contributed by atoms with van der Waals surface area (Å²) < 4.78 is 0. The first-order valence-electron chi connectivity index (χ1n) is 4.61. The Bertz CT molecular complexity index is 160. The molecular formula is C9H20N2O2. The monoisotopic (exact) mass is 188 g/mol. The molecule has 4 heteroatoms. The lowest BCUT2D eigenvalue weighted by atomic mass is 10.2. The molecular weight excluding hydrogens is 168 g/mol. The van der Waals surface area contributed by atoms with E-state index in [1.54, 1.807) is 0 Å². The molecule has 4 nitrogen and oxygen atoms in total. The normalized spacial score (nSPS) is 15.8. The van der Waals surface area contributed by atoms with E-state index in [2.05, 4.69) is 17.1 Å². The molecule has 78 valence electrons. The molecule has 0 heterocycles. The SMILES string of the molecule is CCC(NCC(C)N(C)C)C(=O)O. The molecule has 2 unspecified atom stereocenters. The Morgan fingerprint density at radius 1 is 1.54 bits per heavy atom. The van der Waals surface area contributed by atoms with Crippen molar-refractivity contribution < 1.29 is 9.90 Å². The molecule has 13 heavy (non-hydrogen) atoms. The highest BCUT2D eigenvalue weighted by Crippen LogP contribution is 1.94. The molecule has 2 N–H and O–H groups in total. The second kappa shape index (κ2) is 5.94. The summed E-state index contributed by atoms with van der Waals surface area (Å²) in [6.45, 7) is 4.63. The molecule has 0 aliphatic carbocycles. The van der Waals surface area contributed by atoms with Gasteiger partial charge in [0.15, 0.2) is 0 Å². The minimum absolute atomic E-state index is 0.355. The molecule has 0 aliphatic rings. The Kier molecular flexibility index (Phi) is 5.66. The highest BCUT2D eigenvalue weighted by molar-refractivity contribution is 5.73. The van der Waals surface area contributed by atoms with Crippen LogP contribution in [0, 0.1) is 0 Å². The van der Waals surface area contributed by atoms with Crippen molar-refractivity contribution in [2.45, 2.75) is 32.4 Å². The van der Waals surface area contributed by atoms with Crippen molar-refractivity contribution in [2.75, 3.05) is 20.6 Å². The largest absolute Gasteiger partial charge is 0.480 e. The van der Waals surface area contributed by atoms with Crippen LogP contribution in [0.1, 0.15) is 20.3 Å². The number of nitrogens with one attached hydrogen (secondary N) is 1. The van der Waals surface area contributed by atoms with E-state index in [4.69, 9.17) is 5.11 Å². The van der Waals surface area contributed by atoms with Crippen molar-refractivity contribution in [3.63, 3.8) is 0 Å².